The number of nitrogens with zero attached hydrogens (tertiary/aromatic N) is 1. The van der Waals surface area contributed by atoms with Gasteiger partial charge in [0.05, 0.1) is 6.10 Å². The molecule has 1 aliphatic carbocycles. The molecule has 1 aliphatic heterocycles. The Kier molecular flexibility index (Phi) is 2.89. The van der Waals surface area contributed by atoms with Crippen LogP contribution in [0, 0.1) is 5.92 Å². The van der Waals surface area contributed by atoms with Gasteiger partial charge in [0, 0.05) is 19.1 Å². The highest BCUT2D eigenvalue weighted by Gasteiger charge is 2.35. The lowest BCUT2D eigenvalue weighted by molar-refractivity contribution is -0.0496. The fourth-order valence-corrected chi connectivity index (χ4v) is 2.90. The van der Waals surface area contributed by atoms with Crippen molar-refractivity contribution in [2.45, 2.75) is 51.2 Å². The third-order valence-electron chi connectivity index (χ3n) is 3.75. The summed E-state index contributed by atoms with van der Waals surface area (Å²) in [7, 11) is 0. The number of aliphatic hydroxyl groups is 1. The predicted molar refractivity (Wildman–Crippen MR) is 53.6 cm³/mol. The van der Waals surface area contributed by atoms with Gasteiger partial charge in [-0.15, -0.1) is 0 Å². The van der Waals surface area contributed by atoms with Gasteiger partial charge in [0.25, 0.3) is 0 Å². The van der Waals surface area contributed by atoms with Crippen molar-refractivity contribution < 1.29 is 5.11 Å². The van der Waals surface area contributed by atoms with Crippen LogP contribution in [0.2, 0.25) is 0 Å². The van der Waals surface area contributed by atoms with Crippen molar-refractivity contribution in [1.82, 2.24) is 4.90 Å². The Bertz CT molecular complexity index is 165. The topological polar surface area (TPSA) is 23.5 Å². The van der Waals surface area contributed by atoms with Gasteiger partial charge in [-0.1, -0.05) is 26.2 Å². The van der Waals surface area contributed by atoms with Crippen LogP contribution < -0.4 is 0 Å². The minimum Gasteiger partial charge on any atom is -0.390 e. The average molecular weight is 183 g/mol. The van der Waals surface area contributed by atoms with E-state index in [0.717, 1.165) is 25.0 Å². The van der Waals surface area contributed by atoms with Gasteiger partial charge in [-0.3, -0.25) is 4.90 Å². The summed E-state index contributed by atoms with van der Waals surface area (Å²) in [6.07, 6.45) is 6.88. The Morgan fingerprint density at radius 2 is 1.92 bits per heavy atom. The number of aliphatic hydroxyl groups excluding tert-OH is 1. The Hall–Kier alpha value is -0.0800. The molecular formula is C11H21NO. The first-order valence-electron chi connectivity index (χ1n) is 5.73. The summed E-state index contributed by atoms with van der Waals surface area (Å²) < 4.78 is 0. The summed E-state index contributed by atoms with van der Waals surface area (Å²) in [4.78, 5) is 2.48. The van der Waals surface area contributed by atoms with Crippen LogP contribution in [-0.4, -0.2) is 35.2 Å². The summed E-state index contributed by atoms with van der Waals surface area (Å²) in [6, 6.07) is 0.794. The molecule has 0 aromatic carbocycles. The van der Waals surface area contributed by atoms with Crippen molar-refractivity contribution in [3.63, 3.8) is 0 Å². The molecule has 1 saturated carbocycles. The largest absolute Gasteiger partial charge is 0.390 e. The molecule has 0 bridgehead atoms. The molecule has 1 heterocycles. The second-order valence-corrected chi connectivity index (χ2v) is 4.63. The van der Waals surface area contributed by atoms with E-state index < -0.39 is 0 Å². The number of hydrogen-bond acceptors (Lipinski definition) is 2. The maximum Gasteiger partial charge on any atom is 0.0794 e. The van der Waals surface area contributed by atoms with Crippen LogP contribution >= 0.6 is 0 Å². The smallest absolute Gasteiger partial charge is 0.0794 e. The van der Waals surface area contributed by atoms with E-state index in [1.165, 1.54) is 32.1 Å². The second-order valence-electron chi connectivity index (χ2n) is 4.63. The maximum absolute atomic E-state index is 9.27. The summed E-state index contributed by atoms with van der Waals surface area (Å²) >= 11 is 0. The van der Waals surface area contributed by atoms with Crippen LogP contribution in [-0.2, 0) is 0 Å². The molecule has 0 aromatic rings. The zero-order valence-electron chi connectivity index (χ0n) is 8.58. The second kappa shape index (κ2) is 3.97. The summed E-state index contributed by atoms with van der Waals surface area (Å²) in [5.74, 6) is 0.904. The van der Waals surface area contributed by atoms with Crippen molar-refractivity contribution in [3.05, 3.63) is 0 Å². The highest BCUT2D eigenvalue weighted by molar-refractivity contribution is 4.90. The molecule has 1 N–H and O–H groups in total. The monoisotopic (exact) mass is 183 g/mol. The van der Waals surface area contributed by atoms with Crippen LogP contribution in [0.5, 0.6) is 0 Å². The highest BCUT2D eigenvalue weighted by Crippen LogP contribution is 2.32. The number of rotatable bonds is 2. The molecule has 2 fully saturated rings. The predicted octanol–water partition coefficient (Wildman–Crippen LogP) is 1.63. The van der Waals surface area contributed by atoms with E-state index in [2.05, 4.69) is 11.8 Å². The third-order valence-corrected chi connectivity index (χ3v) is 3.75. The number of β-amino-alcohol motifs (C(OH)–C–C–N with tert-alkyl or cyclic N) is 1. The van der Waals surface area contributed by atoms with Crippen LogP contribution in [0.3, 0.4) is 0 Å². The fourth-order valence-electron chi connectivity index (χ4n) is 2.90. The van der Waals surface area contributed by atoms with Crippen molar-refractivity contribution in [1.29, 1.82) is 0 Å². The lowest BCUT2D eigenvalue weighted by Crippen LogP contribution is -2.57. The molecule has 0 radical (unpaired) electrons. The molecule has 1 saturated heterocycles. The molecule has 13 heavy (non-hydrogen) atoms. The summed E-state index contributed by atoms with van der Waals surface area (Å²) in [5, 5.41) is 9.27. The normalized spacial score (nSPS) is 37.4. The van der Waals surface area contributed by atoms with Gasteiger partial charge < -0.3 is 5.11 Å². The first kappa shape index (κ1) is 9.47. The average Bonchev–Trinajstić information content (AvgIpc) is 2.13. The van der Waals surface area contributed by atoms with E-state index in [4.69, 9.17) is 0 Å². The molecule has 2 unspecified atom stereocenters. The Morgan fingerprint density at radius 3 is 2.54 bits per heavy atom. The summed E-state index contributed by atoms with van der Waals surface area (Å²) in [5.41, 5.74) is 0. The van der Waals surface area contributed by atoms with Gasteiger partial charge in [0.1, 0.15) is 0 Å². The lowest BCUT2D eigenvalue weighted by atomic mass is 9.80. The molecule has 2 rings (SSSR count). The fraction of sp³-hybridized carbons (Fsp3) is 1.00. The van der Waals surface area contributed by atoms with Gasteiger partial charge >= 0.3 is 0 Å². The third kappa shape index (κ3) is 1.89. The van der Waals surface area contributed by atoms with Crippen molar-refractivity contribution in [2.24, 2.45) is 5.92 Å². The molecule has 2 nitrogen and oxygen atoms in total. The van der Waals surface area contributed by atoms with E-state index in [-0.39, 0.29) is 6.10 Å². The Balaban J connectivity index is 1.87. The van der Waals surface area contributed by atoms with Crippen LogP contribution in [0.25, 0.3) is 0 Å². The van der Waals surface area contributed by atoms with Crippen molar-refractivity contribution >= 4 is 0 Å². The maximum atomic E-state index is 9.27. The van der Waals surface area contributed by atoms with Crippen LogP contribution in [0.15, 0.2) is 0 Å². The highest BCUT2D eigenvalue weighted by atomic mass is 16.3. The van der Waals surface area contributed by atoms with Gasteiger partial charge in [0.2, 0.25) is 0 Å². The van der Waals surface area contributed by atoms with E-state index in [9.17, 15) is 5.11 Å². The minimum absolute atomic E-state index is 0.0283. The molecule has 2 atom stereocenters. The first-order chi connectivity index (χ1) is 6.31. The number of likely N-dealkylation sites (tertiary alicyclic amines) is 1. The van der Waals surface area contributed by atoms with E-state index in [1.54, 1.807) is 0 Å². The quantitative estimate of drug-likeness (QED) is 0.703. The molecule has 76 valence electrons. The van der Waals surface area contributed by atoms with Gasteiger partial charge in [-0.25, -0.2) is 0 Å². The molecule has 0 amide bonds. The SMILES string of the molecule is CCC1CCCCC1N1CC(O)C1. The zero-order valence-corrected chi connectivity index (χ0v) is 8.58. The van der Waals surface area contributed by atoms with Gasteiger partial charge in [-0.2, -0.15) is 0 Å². The molecule has 2 aliphatic rings. The summed E-state index contributed by atoms with van der Waals surface area (Å²) in [6.45, 7) is 4.17. The Morgan fingerprint density at radius 1 is 1.23 bits per heavy atom. The first-order valence-corrected chi connectivity index (χ1v) is 5.73. The van der Waals surface area contributed by atoms with E-state index >= 15 is 0 Å². The van der Waals surface area contributed by atoms with Crippen molar-refractivity contribution in [3.8, 4) is 0 Å². The van der Waals surface area contributed by atoms with Gasteiger partial charge in [0.15, 0.2) is 0 Å². The standard InChI is InChI=1S/C11H21NO/c1-2-9-5-3-4-6-11(9)12-7-10(13)8-12/h9-11,13H,2-8H2,1H3. The minimum atomic E-state index is -0.0283. The van der Waals surface area contributed by atoms with Crippen LogP contribution in [0.1, 0.15) is 39.0 Å². The van der Waals surface area contributed by atoms with Gasteiger partial charge in [-0.05, 0) is 18.8 Å². The Labute approximate surface area is 80.9 Å². The van der Waals surface area contributed by atoms with Crippen molar-refractivity contribution in [2.75, 3.05) is 13.1 Å². The number of hydrogen-bond donors (Lipinski definition) is 1. The van der Waals surface area contributed by atoms with E-state index in [1.807, 2.05) is 0 Å². The zero-order chi connectivity index (χ0) is 9.26. The lowest BCUT2D eigenvalue weighted by Gasteiger charge is -2.47. The molecule has 0 spiro atoms. The molecule has 2 heteroatoms. The molecule has 0 aromatic heterocycles. The molecular weight excluding hydrogens is 162 g/mol. The van der Waals surface area contributed by atoms with Crippen LogP contribution in [0.4, 0.5) is 0 Å². The van der Waals surface area contributed by atoms with E-state index in [0.29, 0.717) is 0 Å².